The predicted octanol–water partition coefficient (Wildman–Crippen LogP) is 2.53. The second-order valence-corrected chi connectivity index (χ2v) is 6.89. The van der Waals surface area contributed by atoms with Gasteiger partial charge in [0, 0.05) is 11.3 Å². The van der Waals surface area contributed by atoms with Crippen LogP contribution in [0.5, 0.6) is 0 Å². The van der Waals surface area contributed by atoms with Gasteiger partial charge in [0.1, 0.15) is 0 Å². The van der Waals surface area contributed by atoms with Gasteiger partial charge in [-0.15, -0.1) is 11.3 Å². The van der Waals surface area contributed by atoms with Gasteiger partial charge in [-0.25, -0.2) is 9.78 Å². The number of aromatic nitrogens is 1. The van der Waals surface area contributed by atoms with Crippen molar-refractivity contribution in [2.45, 2.75) is 39.5 Å². The van der Waals surface area contributed by atoms with Crippen LogP contribution in [0.25, 0.3) is 0 Å². The minimum atomic E-state index is -0.542. The lowest BCUT2D eigenvalue weighted by Gasteiger charge is -2.20. The molecule has 0 amide bonds. The quantitative estimate of drug-likeness (QED) is 0.529. The zero-order valence-electron chi connectivity index (χ0n) is 12.2. The van der Waals surface area contributed by atoms with E-state index in [1.807, 2.05) is 5.38 Å². The second-order valence-electron chi connectivity index (χ2n) is 6.00. The maximum atomic E-state index is 11.5. The molecule has 0 saturated carbocycles. The van der Waals surface area contributed by atoms with Crippen molar-refractivity contribution in [3.63, 3.8) is 0 Å². The average Bonchev–Trinajstić information content (AvgIpc) is 2.87. The molecule has 1 saturated heterocycles. The van der Waals surface area contributed by atoms with Gasteiger partial charge >= 0.3 is 5.97 Å². The summed E-state index contributed by atoms with van der Waals surface area (Å²) in [6.45, 7) is 7.49. The van der Waals surface area contributed by atoms with Gasteiger partial charge in [-0.05, 0) is 46.7 Å². The molecule has 2 rings (SSSR count). The highest BCUT2D eigenvalue weighted by Gasteiger charge is 2.23. The fraction of sp³-hybridized carbons (Fsp3) is 0.643. The fourth-order valence-electron chi connectivity index (χ4n) is 1.88. The molecule has 1 aromatic heterocycles. The molecular formula is C14H21N3O2S. The van der Waals surface area contributed by atoms with Crippen LogP contribution in [0.2, 0.25) is 0 Å². The van der Waals surface area contributed by atoms with Crippen LogP contribution in [-0.4, -0.2) is 30.3 Å². The summed E-state index contributed by atoms with van der Waals surface area (Å²) in [6, 6.07) is 0. The Morgan fingerprint density at radius 3 is 2.85 bits per heavy atom. The third kappa shape index (κ3) is 4.11. The van der Waals surface area contributed by atoms with Crippen molar-refractivity contribution in [1.29, 1.82) is 0 Å². The Bertz CT molecular complexity index is 485. The Labute approximate surface area is 123 Å². The number of hydrogen-bond acceptors (Lipinski definition) is 6. The van der Waals surface area contributed by atoms with E-state index in [4.69, 9.17) is 4.84 Å². The third-order valence-electron chi connectivity index (χ3n) is 3.16. The van der Waals surface area contributed by atoms with E-state index in [9.17, 15) is 4.79 Å². The van der Waals surface area contributed by atoms with Gasteiger partial charge in [0.15, 0.2) is 0 Å². The summed E-state index contributed by atoms with van der Waals surface area (Å²) >= 11 is 1.65. The van der Waals surface area contributed by atoms with Crippen LogP contribution in [0.15, 0.2) is 10.5 Å². The molecule has 0 atom stereocenters. The Kier molecular flexibility index (Phi) is 4.88. The van der Waals surface area contributed by atoms with E-state index in [2.05, 4.69) is 15.5 Å². The SMILES string of the molecule is CC(C)(C)C(=O)O/N=C/c1csc(C2CCNCC2)n1. The first-order valence-electron chi connectivity index (χ1n) is 6.88. The average molecular weight is 295 g/mol. The normalized spacial score (nSPS) is 17.6. The van der Waals surface area contributed by atoms with E-state index in [-0.39, 0.29) is 5.97 Å². The van der Waals surface area contributed by atoms with Crippen LogP contribution < -0.4 is 5.32 Å². The Morgan fingerprint density at radius 1 is 1.50 bits per heavy atom. The lowest BCUT2D eigenvalue weighted by atomic mass is 9.98. The second kappa shape index (κ2) is 6.45. The van der Waals surface area contributed by atoms with Crippen LogP contribution in [-0.2, 0) is 9.63 Å². The molecule has 2 heterocycles. The highest BCUT2D eigenvalue weighted by molar-refractivity contribution is 7.09. The molecule has 1 aromatic rings. The molecule has 1 aliphatic rings. The standard InChI is InChI=1S/C14H21N3O2S/c1-14(2,3)13(18)19-16-8-11-9-20-12(17-11)10-4-6-15-7-5-10/h8-10,15H,4-7H2,1-3H3/b16-8+. The van der Waals surface area contributed by atoms with Gasteiger partial charge in [0.2, 0.25) is 0 Å². The highest BCUT2D eigenvalue weighted by Crippen LogP contribution is 2.27. The maximum Gasteiger partial charge on any atom is 0.340 e. The molecule has 1 N–H and O–H groups in total. The fourth-order valence-corrected chi connectivity index (χ4v) is 2.82. The molecule has 1 fully saturated rings. The molecule has 0 radical (unpaired) electrons. The van der Waals surface area contributed by atoms with Crippen molar-refractivity contribution in [3.8, 4) is 0 Å². The van der Waals surface area contributed by atoms with Gasteiger partial charge in [-0.3, -0.25) is 0 Å². The molecule has 5 nitrogen and oxygen atoms in total. The number of carbonyl (C=O) groups excluding carboxylic acids is 1. The van der Waals surface area contributed by atoms with E-state index in [0.29, 0.717) is 5.92 Å². The number of thiazole rings is 1. The smallest absolute Gasteiger partial charge is 0.318 e. The number of rotatable bonds is 3. The number of nitrogens with one attached hydrogen (secondary N) is 1. The lowest BCUT2D eigenvalue weighted by Crippen LogP contribution is -2.26. The van der Waals surface area contributed by atoms with Crippen LogP contribution in [0.4, 0.5) is 0 Å². The van der Waals surface area contributed by atoms with Gasteiger partial charge in [0.05, 0.1) is 22.3 Å². The largest absolute Gasteiger partial charge is 0.340 e. The molecule has 0 aromatic carbocycles. The molecule has 20 heavy (non-hydrogen) atoms. The van der Waals surface area contributed by atoms with Crippen LogP contribution in [0, 0.1) is 5.41 Å². The summed E-state index contributed by atoms with van der Waals surface area (Å²) in [5.74, 6) is 0.197. The first kappa shape index (κ1) is 15.1. The molecule has 0 unspecified atom stereocenters. The summed E-state index contributed by atoms with van der Waals surface area (Å²) in [4.78, 5) is 20.9. The lowest BCUT2D eigenvalue weighted by molar-refractivity contribution is -0.152. The first-order chi connectivity index (χ1) is 9.47. The third-order valence-corrected chi connectivity index (χ3v) is 4.19. The summed E-state index contributed by atoms with van der Waals surface area (Å²) in [5.41, 5.74) is 0.213. The topological polar surface area (TPSA) is 63.6 Å². The predicted molar refractivity (Wildman–Crippen MR) is 80.1 cm³/mol. The molecule has 6 heteroatoms. The monoisotopic (exact) mass is 295 g/mol. The molecule has 110 valence electrons. The van der Waals surface area contributed by atoms with Crippen LogP contribution in [0.3, 0.4) is 0 Å². The van der Waals surface area contributed by atoms with E-state index < -0.39 is 5.41 Å². The van der Waals surface area contributed by atoms with E-state index in [0.717, 1.165) is 36.6 Å². The maximum absolute atomic E-state index is 11.5. The van der Waals surface area contributed by atoms with Crippen molar-refractivity contribution < 1.29 is 9.63 Å². The molecule has 0 bridgehead atoms. The zero-order chi connectivity index (χ0) is 14.6. The van der Waals surface area contributed by atoms with Crippen molar-refractivity contribution in [1.82, 2.24) is 10.3 Å². The van der Waals surface area contributed by atoms with Gasteiger partial charge in [-0.2, -0.15) is 0 Å². The number of piperidine rings is 1. The molecule has 0 spiro atoms. The van der Waals surface area contributed by atoms with Gasteiger partial charge in [-0.1, -0.05) is 5.16 Å². The summed E-state index contributed by atoms with van der Waals surface area (Å²) < 4.78 is 0. The Balaban J connectivity index is 1.90. The van der Waals surface area contributed by atoms with Crippen molar-refractivity contribution >= 4 is 23.5 Å². The van der Waals surface area contributed by atoms with E-state index in [1.54, 1.807) is 32.1 Å². The number of nitrogens with zero attached hydrogens (tertiary/aromatic N) is 2. The number of hydrogen-bond donors (Lipinski definition) is 1. The van der Waals surface area contributed by atoms with E-state index in [1.165, 1.54) is 6.21 Å². The molecule has 0 aliphatic carbocycles. The van der Waals surface area contributed by atoms with E-state index >= 15 is 0 Å². The van der Waals surface area contributed by atoms with Crippen molar-refractivity contribution in [2.24, 2.45) is 10.6 Å². The Morgan fingerprint density at radius 2 is 2.20 bits per heavy atom. The molecule has 1 aliphatic heterocycles. The van der Waals surface area contributed by atoms with Crippen molar-refractivity contribution in [2.75, 3.05) is 13.1 Å². The highest BCUT2D eigenvalue weighted by atomic mass is 32.1. The number of oxime groups is 1. The van der Waals surface area contributed by atoms with Gasteiger partial charge < -0.3 is 10.2 Å². The minimum absolute atomic E-state index is 0.345. The summed E-state index contributed by atoms with van der Waals surface area (Å²) in [6.07, 6.45) is 3.76. The van der Waals surface area contributed by atoms with Crippen LogP contribution >= 0.6 is 11.3 Å². The summed E-state index contributed by atoms with van der Waals surface area (Å²) in [5, 5.41) is 10.2. The first-order valence-corrected chi connectivity index (χ1v) is 7.76. The van der Waals surface area contributed by atoms with Crippen LogP contribution in [0.1, 0.15) is 50.2 Å². The van der Waals surface area contributed by atoms with Crippen molar-refractivity contribution in [3.05, 3.63) is 16.1 Å². The Hall–Kier alpha value is -1.27. The number of carbonyl (C=O) groups is 1. The zero-order valence-corrected chi connectivity index (χ0v) is 13.0. The van der Waals surface area contributed by atoms with Gasteiger partial charge in [0.25, 0.3) is 0 Å². The summed E-state index contributed by atoms with van der Waals surface area (Å²) in [7, 11) is 0. The minimum Gasteiger partial charge on any atom is -0.318 e. The molecular weight excluding hydrogens is 274 g/mol.